The zero-order valence-corrected chi connectivity index (χ0v) is 31.5. The normalized spacial score (nSPS) is 27.1. The molecule has 1 saturated heterocycles. The van der Waals surface area contributed by atoms with Crippen molar-refractivity contribution < 1.29 is 32.9 Å². The van der Waals surface area contributed by atoms with E-state index in [2.05, 4.69) is 65.1 Å². The lowest BCUT2D eigenvalue weighted by Gasteiger charge is -2.44. The molecule has 1 aliphatic heterocycles. The van der Waals surface area contributed by atoms with Gasteiger partial charge in [-0.2, -0.15) is 0 Å². The van der Waals surface area contributed by atoms with Crippen LogP contribution in [0.5, 0.6) is 5.75 Å². The molecular formula is C39H58O7Si. The van der Waals surface area contributed by atoms with Crippen LogP contribution in [0.3, 0.4) is 0 Å². The standard InChI is InChI=1S/C39H58O7Si/c1-13-16-33-32(26-43-25-30-18-20-31(42-9)21-19-30)29(4)24-37(33,7)22-23-38(15-3,46-47(10,11)12)27-39(44-28-41-8)34(17-14-2)36(5,6)45-35(39)40/h3,13-14,16,18-21,33-34H,2,17,22-28H2,1,4-12H3/b16-13-/t33-,34?,37+,38?,39+/m0/s1. The molecule has 0 aromatic heterocycles. The first-order valence-electron chi connectivity index (χ1n) is 16.7. The number of cyclic esters (lactones) is 1. The Kier molecular flexibility index (Phi) is 12.9. The van der Waals surface area contributed by atoms with Crippen molar-refractivity contribution in [1.82, 2.24) is 0 Å². The number of terminal acetylenes is 1. The Bertz CT molecular complexity index is 1330. The monoisotopic (exact) mass is 666 g/mol. The van der Waals surface area contributed by atoms with Gasteiger partial charge in [0.1, 0.15) is 23.7 Å². The fraction of sp³-hybridized carbons (Fsp3) is 0.615. The van der Waals surface area contributed by atoms with Gasteiger partial charge in [-0.15, -0.1) is 13.0 Å². The molecule has 0 amide bonds. The van der Waals surface area contributed by atoms with E-state index in [9.17, 15) is 4.79 Å². The molecule has 0 bridgehead atoms. The van der Waals surface area contributed by atoms with Gasteiger partial charge in [-0.05, 0) is 102 Å². The first kappa shape index (κ1) is 38.8. The number of hydrogen-bond acceptors (Lipinski definition) is 7. The molecular weight excluding hydrogens is 609 g/mol. The molecule has 1 fully saturated rings. The maximum Gasteiger partial charge on any atom is 0.339 e. The highest BCUT2D eigenvalue weighted by molar-refractivity contribution is 6.69. The van der Waals surface area contributed by atoms with Crippen LogP contribution in [0.1, 0.15) is 72.3 Å². The molecule has 3 rings (SSSR count). The van der Waals surface area contributed by atoms with Crippen molar-refractivity contribution in [3.8, 4) is 18.1 Å². The van der Waals surface area contributed by atoms with E-state index >= 15 is 0 Å². The molecule has 1 heterocycles. The van der Waals surface area contributed by atoms with Gasteiger partial charge in [-0.3, -0.25) is 0 Å². The average Bonchev–Trinajstić information content (AvgIpc) is 3.35. The Hall–Kier alpha value is -2.67. The molecule has 0 radical (unpaired) electrons. The van der Waals surface area contributed by atoms with Gasteiger partial charge in [0.25, 0.3) is 0 Å². The molecule has 0 spiro atoms. The zero-order valence-electron chi connectivity index (χ0n) is 30.5. The highest BCUT2D eigenvalue weighted by Crippen LogP contribution is 2.54. The zero-order chi connectivity index (χ0) is 35.1. The summed E-state index contributed by atoms with van der Waals surface area (Å²) < 4.78 is 36.2. The van der Waals surface area contributed by atoms with Crippen molar-refractivity contribution in [2.45, 2.75) is 110 Å². The van der Waals surface area contributed by atoms with Crippen LogP contribution < -0.4 is 4.74 Å². The molecule has 1 aromatic carbocycles. The van der Waals surface area contributed by atoms with Crippen LogP contribution in [0.25, 0.3) is 0 Å². The molecule has 0 N–H and O–H groups in total. The second-order valence-corrected chi connectivity index (χ2v) is 19.4. The fourth-order valence-electron chi connectivity index (χ4n) is 7.65. The van der Waals surface area contributed by atoms with Crippen LogP contribution in [0.15, 0.2) is 60.2 Å². The predicted octanol–water partition coefficient (Wildman–Crippen LogP) is 8.41. The number of esters is 1. The maximum absolute atomic E-state index is 13.9. The van der Waals surface area contributed by atoms with E-state index in [4.69, 9.17) is 34.5 Å². The predicted molar refractivity (Wildman–Crippen MR) is 190 cm³/mol. The minimum Gasteiger partial charge on any atom is -0.497 e. The van der Waals surface area contributed by atoms with Gasteiger partial charge in [-0.25, -0.2) is 4.79 Å². The number of carbonyl (C=O) groups is 1. The van der Waals surface area contributed by atoms with Crippen molar-refractivity contribution in [2.75, 3.05) is 27.6 Å². The topological polar surface area (TPSA) is 72.5 Å². The first-order valence-corrected chi connectivity index (χ1v) is 20.1. The highest BCUT2D eigenvalue weighted by atomic mass is 28.4. The quantitative estimate of drug-likeness (QED) is 0.0512. The van der Waals surface area contributed by atoms with Crippen LogP contribution in [0, 0.1) is 29.6 Å². The minimum atomic E-state index is -2.22. The lowest BCUT2D eigenvalue weighted by molar-refractivity contribution is -0.186. The maximum atomic E-state index is 13.9. The summed E-state index contributed by atoms with van der Waals surface area (Å²) in [5, 5.41) is 0. The van der Waals surface area contributed by atoms with E-state index in [-0.39, 0.29) is 30.5 Å². The van der Waals surface area contributed by atoms with Crippen LogP contribution >= 0.6 is 0 Å². The highest BCUT2D eigenvalue weighted by Gasteiger charge is 2.64. The second kappa shape index (κ2) is 15.7. The van der Waals surface area contributed by atoms with Gasteiger partial charge in [0.05, 0.1) is 20.3 Å². The molecule has 47 heavy (non-hydrogen) atoms. The smallest absolute Gasteiger partial charge is 0.339 e. The molecule has 1 aliphatic carbocycles. The summed E-state index contributed by atoms with van der Waals surface area (Å²) in [6.45, 7) is 21.8. The van der Waals surface area contributed by atoms with Gasteiger partial charge in [0.15, 0.2) is 13.9 Å². The summed E-state index contributed by atoms with van der Waals surface area (Å²) >= 11 is 0. The number of allylic oxidation sites excluding steroid dienone is 4. The van der Waals surface area contributed by atoms with E-state index in [1.807, 2.05) is 44.2 Å². The number of benzene rings is 1. The third-order valence-electron chi connectivity index (χ3n) is 9.77. The fourth-order valence-corrected chi connectivity index (χ4v) is 9.06. The molecule has 7 nitrogen and oxygen atoms in total. The third kappa shape index (κ3) is 9.07. The van der Waals surface area contributed by atoms with E-state index in [0.717, 1.165) is 24.2 Å². The molecule has 1 aromatic rings. The van der Waals surface area contributed by atoms with Crippen molar-refractivity contribution in [2.24, 2.45) is 17.3 Å². The Morgan fingerprint density at radius 1 is 1.15 bits per heavy atom. The molecule has 260 valence electrons. The summed E-state index contributed by atoms with van der Waals surface area (Å²) in [6.07, 6.45) is 15.6. The number of carbonyl (C=O) groups excluding carboxylic acids is 1. The van der Waals surface area contributed by atoms with Crippen LogP contribution in [-0.2, 0) is 34.8 Å². The SMILES string of the molecule is C#CC(CC[C@]1(C)CC(C)=C(COCc2ccc(OC)cc2)[C@@H]1/C=C\C)(C[C@]1(OCOC)C(=O)OC(C)(C)C1CC=C)O[Si](C)(C)C. The van der Waals surface area contributed by atoms with Gasteiger partial charge in [0.2, 0.25) is 0 Å². The summed E-state index contributed by atoms with van der Waals surface area (Å²) in [7, 11) is 0.995. The van der Waals surface area contributed by atoms with Gasteiger partial charge < -0.3 is 28.1 Å². The lowest BCUT2D eigenvalue weighted by Crippen LogP contribution is -2.55. The van der Waals surface area contributed by atoms with Gasteiger partial charge in [0, 0.05) is 25.4 Å². The number of rotatable bonds is 18. The summed E-state index contributed by atoms with van der Waals surface area (Å²) in [4.78, 5) is 13.9. The van der Waals surface area contributed by atoms with Crippen molar-refractivity contribution in [3.05, 3.63) is 65.8 Å². The van der Waals surface area contributed by atoms with Crippen molar-refractivity contribution >= 4 is 14.3 Å². The van der Waals surface area contributed by atoms with Crippen molar-refractivity contribution in [3.63, 3.8) is 0 Å². The summed E-state index contributed by atoms with van der Waals surface area (Å²) in [5.41, 5.74) is 0.419. The first-order chi connectivity index (χ1) is 22.0. The molecule has 2 unspecified atom stereocenters. The second-order valence-electron chi connectivity index (χ2n) is 15.0. The summed E-state index contributed by atoms with van der Waals surface area (Å²) in [6, 6.07) is 7.97. The molecule has 2 aliphatic rings. The van der Waals surface area contributed by atoms with E-state index < -0.39 is 31.1 Å². The lowest BCUT2D eigenvalue weighted by atomic mass is 9.68. The van der Waals surface area contributed by atoms with Crippen LogP contribution in [-0.4, -0.2) is 58.7 Å². The Labute approximate surface area is 285 Å². The molecule has 0 saturated carbocycles. The van der Waals surface area contributed by atoms with Gasteiger partial charge in [-0.1, -0.05) is 48.8 Å². The summed E-state index contributed by atoms with van der Waals surface area (Å²) in [5.74, 6) is 3.32. The number of methoxy groups -OCH3 is 2. The third-order valence-corrected chi connectivity index (χ3v) is 10.8. The van der Waals surface area contributed by atoms with E-state index in [1.54, 1.807) is 14.2 Å². The number of ether oxygens (including phenoxy) is 5. The van der Waals surface area contributed by atoms with Gasteiger partial charge >= 0.3 is 5.97 Å². The average molecular weight is 667 g/mol. The Morgan fingerprint density at radius 2 is 1.83 bits per heavy atom. The molecule has 5 atom stereocenters. The van der Waals surface area contributed by atoms with Crippen LogP contribution in [0.2, 0.25) is 19.6 Å². The number of hydrogen-bond donors (Lipinski definition) is 0. The van der Waals surface area contributed by atoms with Crippen LogP contribution in [0.4, 0.5) is 0 Å². The van der Waals surface area contributed by atoms with E-state index in [1.165, 1.54) is 11.1 Å². The minimum absolute atomic E-state index is 0.0729. The largest absolute Gasteiger partial charge is 0.497 e. The van der Waals surface area contributed by atoms with Crippen molar-refractivity contribution in [1.29, 1.82) is 0 Å². The Morgan fingerprint density at radius 3 is 2.38 bits per heavy atom. The molecule has 8 heteroatoms. The van der Waals surface area contributed by atoms with E-state index in [0.29, 0.717) is 26.1 Å². The Balaban J connectivity index is 1.92.